The van der Waals surface area contributed by atoms with E-state index >= 15 is 0 Å². The molecule has 0 bridgehead atoms. The van der Waals surface area contributed by atoms with E-state index < -0.39 is 6.10 Å². The molecular formula is C13H20N2O4. The molecule has 1 unspecified atom stereocenters. The Morgan fingerprint density at radius 1 is 1.37 bits per heavy atom. The van der Waals surface area contributed by atoms with E-state index in [0.29, 0.717) is 6.54 Å². The van der Waals surface area contributed by atoms with Gasteiger partial charge in [-0.25, -0.2) is 4.79 Å². The number of amides is 2. The van der Waals surface area contributed by atoms with Crippen LogP contribution in [0.4, 0.5) is 4.79 Å². The summed E-state index contributed by atoms with van der Waals surface area (Å²) in [7, 11) is 1.54. The Balaban J connectivity index is 2.44. The van der Waals surface area contributed by atoms with Crippen LogP contribution in [0, 0.1) is 0 Å². The number of carbonyl (C=O) groups excluding carboxylic acids is 1. The van der Waals surface area contributed by atoms with Crippen molar-refractivity contribution in [1.29, 1.82) is 0 Å². The lowest BCUT2D eigenvalue weighted by Gasteiger charge is -2.20. The van der Waals surface area contributed by atoms with E-state index in [-0.39, 0.29) is 25.8 Å². The van der Waals surface area contributed by atoms with E-state index in [1.165, 1.54) is 4.90 Å². The number of urea groups is 1. The molecule has 2 amide bonds. The predicted octanol–water partition coefficient (Wildman–Crippen LogP) is -0.327. The number of rotatable bonds is 6. The molecule has 0 aliphatic carbocycles. The number of nitrogens with zero attached hydrogens (tertiary/aromatic N) is 1. The van der Waals surface area contributed by atoms with Gasteiger partial charge in [0.15, 0.2) is 0 Å². The van der Waals surface area contributed by atoms with Gasteiger partial charge < -0.3 is 25.5 Å². The van der Waals surface area contributed by atoms with Crippen molar-refractivity contribution in [3.05, 3.63) is 35.4 Å². The summed E-state index contributed by atoms with van der Waals surface area (Å²) in [5.41, 5.74) is 1.67. The van der Waals surface area contributed by atoms with Crippen LogP contribution in [0.15, 0.2) is 24.3 Å². The van der Waals surface area contributed by atoms with Crippen LogP contribution in [0.25, 0.3) is 0 Å². The smallest absolute Gasteiger partial charge is 0.317 e. The minimum absolute atomic E-state index is 0.0373. The van der Waals surface area contributed by atoms with Gasteiger partial charge in [-0.2, -0.15) is 0 Å². The van der Waals surface area contributed by atoms with Crippen molar-refractivity contribution in [1.82, 2.24) is 10.2 Å². The summed E-state index contributed by atoms with van der Waals surface area (Å²) >= 11 is 0. The number of aliphatic hydroxyl groups excluding tert-OH is 3. The molecule has 0 fully saturated rings. The van der Waals surface area contributed by atoms with Gasteiger partial charge in [0.2, 0.25) is 0 Å². The zero-order valence-corrected chi connectivity index (χ0v) is 10.9. The third-order valence-corrected chi connectivity index (χ3v) is 2.66. The Hall–Kier alpha value is -1.63. The van der Waals surface area contributed by atoms with Gasteiger partial charge in [-0.15, -0.1) is 0 Å². The Labute approximate surface area is 112 Å². The highest BCUT2D eigenvalue weighted by Gasteiger charge is 2.12. The molecule has 0 aliphatic heterocycles. The molecule has 1 aromatic rings. The van der Waals surface area contributed by atoms with Gasteiger partial charge in [-0.05, 0) is 11.1 Å². The predicted molar refractivity (Wildman–Crippen MR) is 70.3 cm³/mol. The molecule has 0 saturated heterocycles. The van der Waals surface area contributed by atoms with E-state index in [0.717, 1.165) is 11.1 Å². The molecule has 0 aromatic heterocycles. The molecule has 4 N–H and O–H groups in total. The molecule has 1 rings (SSSR count). The van der Waals surface area contributed by atoms with Crippen LogP contribution >= 0.6 is 0 Å². The Kier molecular flexibility index (Phi) is 6.27. The second kappa shape index (κ2) is 7.73. The summed E-state index contributed by atoms with van der Waals surface area (Å²) in [6.07, 6.45) is -0.937. The molecule has 19 heavy (non-hydrogen) atoms. The fraction of sp³-hybridized carbons (Fsp3) is 0.462. The molecule has 106 valence electrons. The van der Waals surface area contributed by atoms with Gasteiger partial charge in [0.05, 0.1) is 25.9 Å². The van der Waals surface area contributed by atoms with E-state index in [2.05, 4.69) is 5.32 Å². The Morgan fingerprint density at radius 2 is 2.05 bits per heavy atom. The average Bonchev–Trinajstić information content (AvgIpc) is 2.44. The lowest BCUT2D eigenvalue weighted by molar-refractivity contribution is 0.0732. The number of hydrogen-bond donors (Lipinski definition) is 4. The molecule has 0 spiro atoms. The number of hydrogen-bond acceptors (Lipinski definition) is 4. The fourth-order valence-electron chi connectivity index (χ4n) is 1.61. The standard InChI is InChI=1S/C13H20N2O4/c1-15(7-12(18)9-17)13(19)14-6-10-3-2-4-11(5-10)8-16/h2-5,12,16-18H,6-9H2,1H3,(H,14,19). The number of likely N-dealkylation sites (N-methyl/N-ethyl adjacent to an activating group) is 1. The van der Waals surface area contributed by atoms with Gasteiger partial charge in [0, 0.05) is 13.6 Å². The van der Waals surface area contributed by atoms with Crippen molar-refractivity contribution < 1.29 is 20.1 Å². The molecule has 1 atom stereocenters. The van der Waals surface area contributed by atoms with Crippen LogP contribution in [0.3, 0.4) is 0 Å². The average molecular weight is 268 g/mol. The van der Waals surface area contributed by atoms with Crippen LogP contribution in [0.5, 0.6) is 0 Å². The lowest BCUT2D eigenvalue weighted by atomic mass is 10.1. The van der Waals surface area contributed by atoms with Crippen LogP contribution in [-0.4, -0.2) is 52.6 Å². The van der Waals surface area contributed by atoms with Gasteiger partial charge in [-0.3, -0.25) is 0 Å². The molecule has 6 heteroatoms. The maximum absolute atomic E-state index is 11.7. The van der Waals surface area contributed by atoms with Crippen molar-refractivity contribution in [2.24, 2.45) is 0 Å². The van der Waals surface area contributed by atoms with E-state index in [1.807, 2.05) is 18.2 Å². The van der Waals surface area contributed by atoms with Gasteiger partial charge in [0.25, 0.3) is 0 Å². The molecular weight excluding hydrogens is 248 g/mol. The first kappa shape index (κ1) is 15.4. The second-order valence-electron chi connectivity index (χ2n) is 4.35. The summed E-state index contributed by atoms with van der Waals surface area (Å²) < 4.78 is 0. The summed E-state index contributed by atoms with van der Waals surface area (Å²) in [5.74, 6) is 0. The van der Waals surface area contributed by atoms with Crippen molar-refractivity contribution in [3.63, 3.8) is 0 Å². The SMILES string of the molecule is CN(CC(O)CO)C(=O)NCc1cccc(CO)c1. The number of carbonyl (C=O) groups is 1. The third kappa shape index (κ3) is 5.25. The maximum atomic E-state index is 11.7. The highest BCUT2D eigenvalue weighted by Crippen LogP contribution is 2.05. The largest absolute Gasteiger partial charge is 0.394 e. The van der Waals surface area contributed by atoms with E-state index in [9.17, 15) is 9.90 Å². The Morgan fingerprint density at radius 3 is 2.68 bits per heavy atom. The molecule has 0 heterocycles. The molecule has 6 nitrogen and oxygen atoms in total. The minimum Gasteiger partial charge on any atom is -0.394 e. The van der Waals surface area contributed by atoms with Crippen LogP contribution in [0.2, 0.25) is 0 Å². The van der Waals surface area contributed by atoms with E-state index in [1.54, 1.807) is 13.1 Å². The maximum Gasteiger partial charge on any atom is 0.317 e. The first-order valence-electron chi connectivity index (χ1n) is 6.03. The monoisotopic (exact) mass is 268 g/mol. The summed E-state index contributed by atoms with van der Waals surface area (Å²) in [4.78, 5) is 13.0. The summed E-state index contributed by atoms with van der Waals surface area (Å²) in [6.45, 7) is -0.00814. The highest BCUT2D eigenvalue weighted by atomic mass is 16.3. The number of aliphatic hydroxyl groups is 3. The third-order valence-electron chi connectivity index (χ3n) is 2.66. The summed E-state index contributed by atoms with van der Waals surface area (Å²) in [5, 5.41) is 29.6. The van der Waals surface area contributed by atoms with Crippen LogP contribution in [0.1, 0.15) is 11.1 Å². The molecule has 0 saturated carbocycles. The first-order valence-corrected chi connectivity index (χ1v) is 6.03. The fourth-order valence-corrected chi connectivity index (χ4v) is 1.61. The number of nitrogens with one attached hydrogen (secondary N) is 1. The highest BCUT2D eigenvalue weighted by molar-refractivity contribution is 5.73. The van der Waals surface area contributed by atoms with Gasteiger partial charge in [0.1, 0.15) is 0 Å². The molecule has 1 aromatic carbocycles. The van der Waals surface area contributed by atoms with Crippen molar-refractivity contribution in [2.75, 3.05) is 20.2 Å². The quantitative estimate of drug-likeness (QED) is 0.568. The van der Waals surface area contributed by atoms with Gasteiger partial charge >= 0.3 is 6.03 Å². The van der Waals surface area contributed by atoms with Crippen molar-refractivity contribution >= 4 is 6.03 Å². The molecule has 0 aliphatic rings. The normalized spacial score (nSPS) is 12.0. The Bertz CT molecular complexity index is 411. The molecule has 0 radical (unpaired) electrons. The number of benzene rings is 1. The van der Waals surface area contributed by atoms with Crippen molar-refractivity contribution in [2.45, 2.75) is 19.3 Å². The zero-order valence-electron chi connectivity index (χ0n) is 10.9. The van der Waals surface area contributed by atoms with Crippen LogP contribution < -0.4 is 5.32 Å². The summed E-state index contributed by atoms with van der Waals surface area (Å²) in [6, 6.07) is 6.94. The topological polar surface area (TPSA) is 93.0 Å². The van der Waals surface area contributed by atoms with Crippen LogP contribution in [-0.2, 0) is 13.2 Å². The zero-order chi connectivity index (χ0) is 14.3. The van der Waals surface area contributed by atoms with E-state index in [4.69, 9.17) is 10.2 Å². The minimum atomic E-state index is -0.937. The lowest BCUT2D eigenvalue weighted by Crippen LogP contribution is -2.41. The van der Waals surface area contributed by atoms with Gasteiger partial charge in [-0.1, -0.05) is 24.3 Å². The second-order valence-corrected chi connectivity index (χ2v) is 4.35. The first-order chi connectivity index (χ1) is 9.06. The van der Waals surface area contributed by atoms with Crippen molar-refractivity contribution in [3.8, 4) is 0 Å².